The van der Waals surface area contributed by atoms with E-state index in [1.54, 1.807) is 0 Å². The molecule has 1 nitrogen and oxygen atoms in total. The number of nitrogens with zero attached hydrogens (tertiary/aromatic N) is 1. The molecule has 0 fully saturated rings. The topological polar surface area (TPSA) is 12.4 Å². The summed E-state index contributed by atoms with van der Waals surface area (Å²) in [5.74, 6) is 0.442. The van der Waals surface area contributed by atoms with E-state index in [0.717, 1.165) is 5.69 Å². The largest absolute Gasteiger partial charge is 0.260 e. The van der Waals surface area contributed by atoms with Crippen molar-refractivity contribution in [2.45, 2.75) is 6.92 Å². The third-order valence-electron chi connectivity index (χ3n) is 1.96. The number of aliphatic imine (C=N–C) groups is 1. The van der Waals surface area contributed by atoms with Crippen molar-refractivity contribution in [3.05, 3.63) is 35.9 Å². The van der Waals surface area contributed by atoms with E-state index in [4.69, 9.17) is 0 Å². The molecule has 1 aromatic carbocycles. The molecule has 60 valence electrons. The Labute approximate surface area is 72.5 Å². The lowest BCUT2D eigenvalue weighted by atomic mass is 10.1. The summed E-state index contributed by atoms with van der Waals surface area (Å²) < 4.78 is 0. The van der Waals surface area contributed by atoms with Crippen molar-refractivity contribution in [1.82, 2.24) is 0 Å². The molecule has 0 aliphatic carbocycles. The monoisotopic (exact) mass is 157 g/mol. The maximum atomic E-state index is 4.38. The van der Waals surface area contributed by atoms with Crippen LogP contribution in [0.1, 0.15) is 12.5 Å². The van der Waals surface area contributed by atoms with E-state index in [-0.39, 0.29) is 0 Å². The fourth-order valence-corrected chi connectivity index (χ4v) is 1.25. The molecule has 0 bridgehead atoms. The van der Waals surface area contributed by atoms with Gasteiger partial charge < -0.3 is 0 Å². The molecule has 1 aliphatic heterocycles. The highest BCUT2D eigenvalue weighted by Gasteiger charge is 2.00. The van der Waals surface area contributed by atoms with Crippen LogP contribution >= 0.6 is 0 Å². The highest BCUT2D eigenvalue weighted by atomic mass is 14.7. The van der Waals surface area contributed by atoms with Crippen molar-refractivity contribution in [2.75, 3.05) is 0 Å². The molecule has 0 saturated carbocycles. The van der Waals surface area contributed by atoms with E-state index in [0.29, 0.717) is 5.92 Å². The Morgan fingerprint density at radius 1 is 1.25 bits per heavy atom. The number of hydrogen-bond acceptors (Lipinski definition) is 1. The molecule has 0 spiro atoms. The molecule has 0 radical (unpaired) electrons. The number of allylic oxidation sites excluding steroid dienone is 1. The zero-order chi connectivity index (χ0) is 8.39. The van der Waals surface area contributed by atoms with Gasteiger partial charge in [-0.05, 0) is 11.6 Å². The second kappa shape index (κ2) is 2.94. The normalized spacial score (nSPS) is 20.2. The molecule has 0 saturated heterocycles. The summed E-state index contributed by atoms with van der Waals surface area (Å²) in [6.45, 7) is 2.13. The average Bonchev–Trinajstić information content (AvgIpc) is 2.29. The minimum atomic E-state index is 0.442. The van der Waals surface area contributed by atoms with E-state index < -0.39 is 0 Å². The number of hydrogen-bond donors (Lipinski definition) is 0. The van der Waals surface area contributed by atoms with E-state index >= 15 is 0 Å². The van der Waals surface area contributed by atoms with E-state index in [2.05, 4.69) is 30.1 Å². The summed E-state index contributed by atoms with van der Waals surface area (Å²) in [5, 5.41) is 0. The van der Waals surface area contributed by atoms with Gasteiger partial charge in [0, 0.05) is 12.1 Å². The third kappa shape index (κ3) is 1.30. The summed E-state index contributed by atoms with van der Waals surface area (Å²) in [5.41, 5.74) is 2.27. The van der Waals surface area contributed by atoms with Crippen LogP contribution in [0.25, 0.3) is 6.08 Å². The van der Waals surface area contributed by atoms with Crippen LogP contribution in [0.3, 0.4) is 0 Å². The number of fused-ring (bicyclic) bond motifs is 1. The molecular weight excluding hydrogens is 146 g/mol. The van der Waals surface area contributed by atoms with Crippen LogP contribution in [-0.2, 0) is 0 Å². The molecule has 0 amide bonds. The van der Waals surface area contributed by atoms with Gasteiger partial charge in [0.05, 0.1) is 5.69 Å². The molecule has 0 N–H and O–H groups in total. The number of benzene rings is 1. The lowest BCUT2D eigenvalue weighted by molar-refractivity contribution is 1.04. The molecule has 1 atom stereocenters. The molecule has 2 rings (SSSR count). The van der Waals surface area contributed by atoms with Crippen molar-refractivity contribution in [2.24, 2.45) is 10.9 Å². The van der Waals surface area contributed by atoms with Crippen LogP contribution < -0.4 is 0 Å². The fraction of sp³-hybridized carbons (Fsp3) is 0.182. The predicted octanol–water partition coefficient (Wildman–Crippen LogP) is 3.05. The standard InChI is InChI=1S/C11H11N/c1-9-6-7-10-4-2-3-5-11(10)12-8-9/h2-9H,1H3. The average molecular weight is 157 g/mol. The van der Waals surface area contributed by atoms with Gasteiger partial charge in [-0.3, -0.25) is 4.99 Å². The number of para-hydroxylation sites is 1. The van der Waals surface area contributed by atoms with Crippen molar-refractivity contribution in [3.8, 4) is 0 Å². The number of rotatable bonds is 0. The second-order valence-corrected chi connectivity index (χ2v) is 3.06. The molecule has 1 aromatic rings. The molecule has 1 unspecified atom stereocenters. The maximum Gasteiger partial charge on any atom is 0.0698 e. The van der Waals surface area contributed by atoms with Gasteiger partial charge in [-0.15, -0.1) is 0 Å². The van der Waals surface area contributed by atoms with Crippen LogP contribution in [0, 0.1) is 5.92 Å². The Hall–Kier alpha value is -1.37. The first kappa shape index (κ1) is 7.29. The van der Waals surface area contributed by atoms with E-state index in [1.165, 1.54) is 5.56 Å². The lowest BCUT2D eigenvalue weighted by Gasteiger charge is -1.95. The van der Waals surface area contributed by atoms with Gasteiger partial charge in [0.2, 0.25) is 0 Å². The van der Waals surface area contributed by atoms with Crippen LogP contribution in [0.15, 0.2) is 35.3 Å². The van der Waals surface area contributed by atoms with Gasteiger partial charge in [0.1, 0.15) is 0 Å². The van der Waals surface area contributed by atoms with Gasteiger partial charge in [-0.1, -0.05) is 37.3 Å². The lowest BCUT2D eigenvalue weighted by Crippen LogP contribution is -1.86. The minimum Gasteiger partial charge on any atom is -0.260 e. The summed E-state index contributed by atoms with van der Waals surface area (Å²) in [6.07, 6.45) is 6.27. The zero-order valence-corrected chi connectivity index (χ0v) is 7.07. The van der Waals surface area contributed by atoms with E-state index in [9.17, 15) is 0 Å². The Morgan fingerprint density at radius 2 is 2.08 bits per heavy atom. The van der Waals surface area contributed by atoms with Crippen molar-refractivity contribution < 1.29 is 0 Å². The first-order chi connectivity index (χ1) is 5.86. The third-order valence-corrected chi connectivity index (χ3v) is 1.96. The minimum absolute atomic E-state index is 0.442. The second-order valence-electron chi connectivity index (χ2n) is 3.06. The Bertz CT molecular complexity index is 304. The van der Waals surface area contributed by atoms with Gasteiger partial charge >= 0.3 is 0 Å². The van der Waals surface area contributed by atoms with Crippen LogP contribution in [0.5, 0.6) is 0 Å². The maximum absolute atomic E-state index is 4.38. The van der Waals surface area contributed by atoms with Gasteiger partial charge in [0.25, 0.3) is 0 Å². The SMILES string of the molecule is CC1C=Cc2ccccc2N=C1. The Balaban J connectivity index is 2.52. The summed E-state index contributed by atoms with van der Waals surface area (Å²) in [6, 6.07) is 8.17. The summed E-state index contributed by atoms with van der Waals surface area (Å²) >= 11 is 0. The highest BCUT2D eigenvalue weighted by Crippen LogP contribution is 2.22. The summed E-state index contributed by atoms with van der Waals surface area (Å²) in [4.78, 5) is 4.38. The zero-order valence-electron chi connectivity index (χ0n) is 7.07. The molecule has 1 aliphatic rings. The molecule has 1 heterocycles. The van der Waals surface area contributed by atoms with Crippen molar-refractivity contribution >= 4 is 18.0 Å². The van der Waals surface area contributed by atoms with Crippen molar-refractivity contribution in [1.29, 1.82) is 0 Å². The van der Waals surface area contributed by atoms with Gasteiger partial charge in [0.15, 0.2) is 0 Å². The van der Waals surface area contributed by atoms with Crippen LogP contribution in [0.4, 0.5) is 5.69 Å². The predicted molar refractivity (Wildman–Crippen MR) is 52.8 cm³/mol. The molecule has 0 aromatic heterocycles. The quantitative estimate of drug-likeness (QED) is 0.549. The van der Waals surface area contributed by atoms with Crippen molar-refractivity contribution in [3.63, 3.8) is 0 Å². The molecule has 1 heteroatoms. The first-order valence-corrected chi connectivity index (χ1v) is 4.18. The Morgan fingerprint density at radius 3 is 3.00 bits per heavy atom. The van der Waals surface area contributed by atoms with Gasteiger partial charge in [-0.2, -0.15) is 0 Å². The smallest absolute Gasteiger partial charge is 0.0698 e. The highest BCUT2D eigenvalue weighted by molar-refractivity contribution is 5.77. The van der Waals surface area contributed by atoms with Crippen LogP contribution in [-0.4, -0.2) is 6.21 Å². The van der Waals surface area contributed by atoms with E-state index in [1.807, 2.05) is 24.4 Å². The molecule has 12 heavy (non-hydrogen) atoms. The summed E-state index contributed by atoms with van der Waals surface area (Å²) in [7, 11) is 0. The fourth-order valence-electron chi connectivity index (χ4n) is 1.25. The first-order valence-electron chi connectivity index (χ1n) is 4.18. The Kier molecular flexibility index (Phi) is 1.78. The van der Waals surface area contributed by atoms with Crippen LogP contribution in [0.2, 0.25) is 0 Å². The molecular formula is C11H11N. The van der Waals surface area contributed by atoms with Gasteiger partial charge in [-0.25, -0.2) is 0 Å².